The number of anilines is 3. The number of para-hydroxylation sites is 1. The number of hydrogen-bond donors (Lipinski definition) is 0. The van der Waals surface area contributed by atoms with Crippen molar-refractivity contribution in [1.29, 1.82) is 0 Å². The normalized spacial score (nSPS) is 12.2. The van der Waals surface area contributed by atoms with Gasteiger partial charge in [0.15, 0.2) is 0 Å². The summed E-state index contributed by atoms with van der Waals surface area (Å²) in [6.45, 7) is 9.44. The molecule has 31 aromatic rings. The van der Waals surface area contributed by atoms with Crippen LogP contribution in [-0.2, 0) is 68.6 Å². The summed E-state index contributed by atoms with van der Waals surface area (Å²) < 4.78 is 13.6. The summed E-state index contributed by atoms with van der Waals surface area (Å²) in [6, 6.07) is 151. The Morgan fingerprint density at radius 2 is 0.444 bits per heavy atom. The molecular weight excluding hydrogens is 2300 g/mol. The molecule has 142 heavy (non-hydrogen) atoms. The summed E-state index contributed by atoms with van der Waals surface area (Å²) in [5, 5.41) is 31.9. The molecule has 0 atom stereocenters. The molecule has 676 valence electrons. The molecule has 13 nitrogen and oxygen atoms in total. The van der Waals surface area contributed by atoms with E-state index in [1.54, 1.807) is 0 Å². The molecule has 0 aliphatic carbocycles. The predicted molar refractivity (Wildman–Crippen MR) is 574 cm³/mol. The first-order valence-electron chi connectivity index (χ1n) is 47.1. The van der Waals surface area contributed by atoms with Crippen LogP contribution in [0.15, 0.2) is 395 Å². The molecule has 0 aliphatic heterocycles. The number of pyridine rings is 6. The van der Waals surface area contributed by atoms with Gasteiger partial charge in [-0.2, -0.15) is 70.0 Å². The maximum Gasteiger partial charge on any atom is 2.00 e. The van der Waals surface area contributed by atoms with Crippen LogP contribution >= 0.6 is 0 Å². The fourth-order valence-corrected chi connectivity index (χ4v) is 25.0. The summed E-state index contributed by atoms with van der Waals surface area (Å²) in [6.07, 6.45) is 11.2. The zero-order valence-electron chi connectivity index (χ0n) is 76.8. The van der Waals surface area contributed by atoms with Crippen LogP contribution in [0.1, 0.15) is 25.0 Å². The molecule has 0 radical (unpaired) electrons. The van der Waals surface area contributed by atoms with E-state index in [0.717, 1.165) is 140 Å². The first-order chi connectivity index (χ1) is 68.5. The van der Waals surface area contributed by atoms with Crippen LogP contribution < -0.4 is 15.3 Å². The Bertz CT molecular complexity index is 9350. The summed E-state index contributed by atoms with van der Waals surface area (Å²) in [5.74, 6) is 5.34. The summed E-state index contributed by atoms with van der Waals surface area (Å²) in [7, 11) is -2.34. The Balaban J connectivity index is 0.000000108. The number of benzene rings is 19. The smallest absolute Gasteiger partial charge is 0.358 e. The van der Waals surface area contributed by atoms with Gasteiger partial charge in [-0.3, -0.25) is 0 Å². The van der Waals surface area contributed by atoms with E-state index in [1.807, 2.05) is 97.8 Å². The topological polar surface area (TPSA) is 110 Å². The van der Waals surface area contributed by atoms with Crippen molar-refractivity contribution in [2.75, 3.05) is 4.90 Å². The van der Waals surface area contributed by atoms with Gasteiger partial charge in [-0.25, -0.2) is 29.9 Å². The molecule has 12 heterocycles. The Labute approximate surface area is 858 Å². The van der Waals surface area contributed by atoms with Crippen LogP contribution in [0.3, 0.4) is 0 Å². The van der Waals surface area contributed by atoms with E-state index in [-0.39, 0.29) is 63.2 Å². The first kappa shape index (κ1) is 86.4. The number of aromatic nitrogens is 12. The second kappa shape index (κ2) is 33.1. The zero-order valence-corrected chi connectivity index (χ0v) is 84.6. The summed E-state index contributed by atoms with van der Waals surface area (Å²) in [4.78, 5) is 31.0. The monoisotopic (exact) mass is 2370 g/mol. The molecule has 0 amide bonds. The van der Waals surface area contributed by atoms with Gasteiger partial charge in [0.2, 0.25) is 0 Å². The molecule has 0 saturated carbocycles. The van der Waals surface area contributed by atoms with Gasteiger partial charge in [0.1, 0.15) is 34.9 Å². The number of rotatable bonds is 13. The summed E-state index contributed by atoms with van der Waals surface area (Å²) in [5.41, 5.74) is 17.8. The van der Waals surface area contributed by atoms with Crippen molar-refractivity contribution in [2.24, 2.45) is 0 Å². The Morgan fingerprint density at radius 1 is 0.218 bits per heavy atom. The average molecular weight is 2370 g/mol. The van der Waals surface area contributed by atoms with Crippen molar-refractivity contribution < 1.29 is 63.2 Å². The van der Waals surface area contributed by atoms with E-state index in [9.17, 15) is 0 Å². The van der Waals surface area contributed by atoms with Gasteiger partial charge in [0, 0.05) is 76.0 Å². The molecule has 12 aromatic heterocycles. The molecule has 19 aromatic carbocycles. The van der Waals surface area contributed by atoms with Crippen LogP contribution in [0.25, 0.3) is 230 Å². The fraction of sp³-hybridized carbons (Fsp3) is 0.0400. The molecule has 17 heteroatoms. The van der Waals surface area contributed by atoms with Crippen LogP contribution in [0.4, 0.5) is 17.1 Å². The van der Waals surface area contributed by atoms with E-state index < -0.39 is 13.5 Å². The van der Waals surface area contributed by atoms with Gasteiger partial charge >= 0.3 is 63.2 Å². The second-order valence-electron chi connectivity index (χ2n) is 37.6. The molecule has 0 aliphatic rings. The quantitative estimate of drug-likeness (QED) is 0.0642. The van der Waals surface area contributed by atoms with Gasteiger partial charge in [0.05, 0.1) is 8.07 Å². The van der Waals surface area contributed by atoms with Crippen molar-refractivity contribution in [1.82, 2.24) is 57.3 Å². The maximum absolute atomic E-state index is 4.80. The van der Waals surface area contributed by atoms with Gasteiger partial charge in [-0.05, 0) is 191 Å². The van der Waals surface area contributed by atoms with E-state index in [4.69, 9.17) is 29.9 Å². The van der Waals surface area contributed by atoms with Gasteiger partial charge in [-0.1, -0.05) is 304 Å². The fourth-order valence-electron chi connectivity index (χ4n) is 22.8. The van der Waals surface area contributed by atoms with Crippen molar-refractivity contribution in [3.8, 4) is 34.9 Å². The molecule has 0 fully saturated rings. The van der Waals surface area contributed by atoms with Crippen LogP contribution in [0, 0.1) is 36.4 Å². The Morgan fingerprint density at radius 3 is 0.697 bits per heavy atom. The summed E-state index contributed by atoms with van der Waals surface area (Å²) >= 11 is 0. The minimum absolute atomic E-state index is 0. The maximum atomic E-state index is 4.80. The molecule has 0 bridgehead atoms. The van der Waals surface area contributed by atoms with Gasteiger partial charge in [-0.15, -0.1) is 56.6 Å². The molecule has 0 saturated heterocycles. The molecule has 0 N–H and O–H groups in total. The zero-order chi connectivity index (χ0) is 91.8. The third-order valence-electron chi connectivity index (χ3n) is 29.3. The number of nitrogens with zero attached hydrogens (tertiary/aromatic N) is 13. The van der Waals surface area contributed by atoms with Crippen LogP contribution in [-0.4, -0.2) is 65.4 Å². The second-order valence-corrected chi connectivity index (χ2v) is 42.0. The SMILES string of the molecule is CC(C)(c1[c-]c2c3c(ccc4cccc(c43)n2-c2ccccn2)c1)c1[c-]c2c3c(ccc4cccc(c43)n2-c2ccccn2)c1.C[Si](C)(c1[c-]c2c3c(ccc4cccc(c43)n2-c2ccccn2)c1)c1[c-]c2c3c(ccc4cccc(c43)n2-c2ccccn2)c1.[Pt+2].[Pt+2].[Pt+2].[c-]1c(N(c2[c-]c3c4c(ccc5cccc(c54)n3-c3ccccn3)c2)c2ccccc2)cc2ccc3cccc4c3c2c1n4-c1ccccn1. The van der Waals surface area contributed by atoms with E-state index in [2.05, 4.69) is 393 Å². The average Bonchev–Trinajstić information content (AvgIpc) is 1.55. The minimum Gasteiger partial charge on any atom is -0.358 e. The predicted octanol–water partition coefficient (Wildman–Crippen LogP) is 29.0. The van der Waals surface area contributed by atoms with Crippen molar-refractivity contribution in [3.63, 3.8) is 0 Å². The first-order valence-corrected chi connectivity index (χ1v) is 50.1. The number of hydrogen-bond acceptors (Lipinski definition) is 7. The largest absolute Gasteiger partial charge is 2.00 e. The Kier molecular flexibility index (Phi) is 20.2. The third-order valence-corrected chi connectivity index (χ3v) is 32.5. The van der Waals surface area contributed by atoms with E-state index >= 15 is 0 Å². The molecule has 0 spiro atoms. The van der Waals surface area contributed by atoms with Gasteiger partial charge in [0.25, 0.3) is 0 Å². The van der Waals surface area contributed by atoms with Crippen LogP contribution in [0.5, 0.6) is 0 Å². The Hall–Kier alpha value is -15.9. The van der Waals surface area contributed by atoms with Crippen molar-refractivity contribution >= 4 is 231 Å². The molecule has 0 unspecified atom stereocenters. The molecular formula is C125H77N13Pt3Si. The van der Waals surface area contributed by atoms with Crippen LogP contribution in [0.2, 0.25) is 13.1 Å². The molecule has 31 rings (SSSR count). The third kappa shape index (κ3) is 12.9. The van der Waals surface area contributed by atoms with E-state index in [0.29, 0.717) is 0 Å². The standard InChI is InChI=1S/C44H25N5.C41H26N4.C40H26N4Si.3Pt/c1-2-12-32(13-3-1)47(33-24-30-20-18-28-10-8-14-35-41(28)43(30)37(26-33)48(35)39-16-4-6-22-45-39)34-25-31-21-19-29-11-9-15-36-42(29)44(31)38(27-34)49(36)40-17-5-7-23-46-40;1-41(2,29-21-27-17-15-25-9-7-11-31-37(25)39(27)33(23-29)44(31)35-13-3-5-19-42-35)30-22-28-18-16-26-10-8-12-32-38(26)40(28)34(24-30)45(32)36-14-4-6-20-43-36;1-45(2,29-21-27-17-15-25-9-7-11-31-37(25)39(27)33(23-29)43(31)35-13-3-5-19-41-35)30-22-28-18-16-26-10-8-12-32-38(26)40(28)34(24-30)44(32)36-14-4-6-20-42-36;;;/h1-25H;2*3-22H,1-2H3;;;/q3*-2;3*+2. The van der Waals surface area contributed by atoms with Crippen molar-refractivity contribution in [2.45, 2.75) is 32.4 Å². The van der Waals surface area contributed by atoms with Gasteiger partial charge < -0.3 is 32.3 Å². The van der Waals surface area contributed by atoms with E-state index in [1.165, 1.54) is 129 Å². The minimum atomic E-state index is -2.34. The van der Waals surface area contributed by atoms with Crippen molar-refractivity contribution in [3.05, 3.63) is 443 Å².